The Morgan fingerprint density at radius 2 is 2.00 bits per heavy atom. The van der Waals surface area contributed by atoms with Crippen molar-refractivity contribution in [1.29, 1.82) is 0 Å². The third-order valence-corrected chi connectivity index (χ3v) is 2.59. The van der Waals surface area contributed by atoms with Crippen molar-refractivity contribution in [2.75, 3.05) is 6.54 Å². The molecule has 0 aromatic heterocycles. The Morgan fingerprint density at radius 1 is 1.42 bits per heavy atom. The van der Waals surface area contributed by atoms with Crippen LogP contribution in [0, 0.1) is 17.6 Å². The maximum Gasteiger partial charge on any atom is 0.230 e. The number of amidine groups is 1. The molecule has 7 heteroatoms. The maximum atomic E-state index is 12.9. The smallest absolute Gasteiger partial charge is 0.230 e. The summed E-state index contributed by atoms with van der Waals surface area (Å²) in [6, 6.07) is 3.17. The molecule has 5 nitrogen and oxygen atoms in total. The lowest BCUT2D eigenvalue weighted by atomic mass is 10.1. The van der Waals surface area contributed by atoms with E-state index in [0.29, 0.717) is 5.56 Å². The van der Waals surface area contributed by atoms with Gasteiger partial charge >= 0.3 is 0 Å². The van der Waals surface area contributed by atoms with Crippen LogP contribution in [-0.4, -0.2) is 23.5 Å². The fourth-order valence-corrected chi connectivity index (χ4v) is 1.46. The first-order chi connectivity index (χ1) is 8.93. The lowest BCUT2D eigenvalue weighted by molar-refractivity contribution is -0.122. The molecule has 1 atom stereocenters. The summed E-state index contributed by atoms with van der Waals surface area (Å²) >= 11 is 0. The van der Waals surface area contributed by atoms with E-state index in [1.54, 1.807) is 0 Å². The number of amides is 1. The van der Waals surface area contributed by atoms with E-state index in [2.05, 4.69) is 10.5 Å². The summed E-state index contributed by atoms with van der Waals surface area (Å²) in [6.07, 6.45) is 0.281. The zero-order valence-electron chi connectivity index (χ0n) is 10.4. The number of halogens is 2. The molecule has 0 aliphatic carbocycles. The molecule has 0 spiro atoms. The van der Waals surface area contributed by atoms with E-state index in [0.717, 1.165) is 6.07 Å². The van der Waals surface area contributed by atoms with Gasteiger partial charge in [0, 0.05) is 12.6 Å². The molecule has 19 heavy (non-hydrogen) atoms. The second kappa shape index (κ2) is 6.67. The minimum Gasteiger partial charge on any atom is -0.409 e. The highest BCUT2D eigenvalue weighted by atomic mass is 19.1. The quantitative estimate of drug-likeness (QED) is 0.323. The molecule has 0 saturated carbocycles. The number of carbonyl (C=O) groups excluding carboxylic acids is 1. The number of nitrogens with two attached hydrogens (primary N) is 1. The Labute approximate surface area is 109 Å². The van der Waals surface area contributed by atoms with Crippen molar-refractivity contribution >= 4 is 11.7 Å². The van der Waals surface area contributed by atoms with E-state index in [-0.39, 0.29) is 18.8 Å². The summed E-state index contributed by atoms with van der Waals surface area (Å²) in [5.41, 5.74) is 5.72. The first kappa shape index (κ1) is 14.9. The summed E-state index contributed by atoms with van der Waals surface area (Å²) in [5, 5.41) is 13.7. The third-order valence-electron chi connectivity index (χ3n) is 2.59. The molecule has 1 aromatic carbocycles. The van der Waals surface area contributed by atoms with Gasteiger partial charge in [-0.3, -0.25) is 4.79 Å². The first-order valence-electron chi connectivity index (χ1n) is 5.64. The van der Waals surface area contributed by atoms with Gasteiger partial charge in [0.15, 0.2) is 5.84 Å². The second-order valence-corrected chi connectivity index (χ2v) is 4.07. The lowest BCUT2D eigenvalue weighted by Gasteiger charge is -2.10. The number of rotatable bonds is 5. The average molecular weight is 271 g/mol. The van der Waals surface area contributed by atoms with Gasteiger partial charge in [0.2, 0.25) is 5.91 Å². The van der Waals surface area contributed by atoms with Gasteiger partial charge < -0.3 is 16.3 Å². The van der Waals surface area contributed by atoms with Gasteiger partial charge in [-0.15, -0.1) is 0 Å². The molecule has 1 aromatic rings. The van der Waals surface area contributed by atoms with Gasteiger partial charge in [0.25, 0.3) is 0 Å². The van der Waals surface area contributed by atoms with E-state index in [4.69, 9.17) is 10.9 Å². The van der Waals surface area contributed by atoms with Crippen molar-refractivity contribution in [2.24, 2.45) is 16.8 Å². The van der Waals surface area contributed by atoms with E-state index in [1.807, 2.05) is 0 Å². The fraction of sp³-hybridized carbons (Fsp3) is 0.333. The molecule has 1 unspecified atom stereocenters. The van der Waals surface area contributed by atoms with Crippen molar-refractivity contribution in [3.63, 3.8) is 0 Å². The maximum absolute atomic E-state index is 12.9. The van der Waals surface area contributed by atoms with Crippen LogP contribution in [0.15, 0.2) is 23.4 Å². The van der Waals surface area contributed by atoms with Crippen molar-refractivity contribution < 1.29 is 18.8 Å². The fourth-order valence-electron chi connectivity index (χ4n) is 1.46. The molecule has 1 amide bonds. The van der Waals surface area contributed by atoms with E-state index in [9.17, 15) is 13.6 Å². The second-order valence-electron chi connectivity index (χ2n) is 4.07. The molecule has 0 saturated heterocycles. The molecule has 0 bridgehead atoms. The molecule has 1 rings (SSSR count). The number of nitrogens with one attached hydrogen (secondary N) is 1. The van der Waals surface area contributed by atoms with Crippen LogP contribution in [0.1, 0.15) is 12.5 Å². The number of oxime groups is 1. The summed E-state index contributed by atoms with van der Waals surface area (Å²) in [7, 11) is 0. The van der Waals surface area contributed by atoms with Gasteiger partial charge in [0.1, 0.15) is 11.6 Å². The summed E-state index contributed by atoms with van der Waals surface area (Å²) < 4.78 is 25.8. The van der Waals surface area contributed by atoms with Crippen LogP contribution < -0.4 is 11.1 Å². The van der Waals surface area contributed by atoms with E-state index in [1.165, 1.54) is 19.1 Å². The van der Waals surface area contributed by atoms with Crippen LogP contribution in [0.25, 0.3) is 0 Å². The van der Waals surface area contributed by atoms with Crippen LogP contribution in [0.3, 0.4) is 0 Å². The predicted molar refractivity (Wildman–Crippen MR) is 65.6 cm³/mol. The number of hydrogen-bond donors (Lipinski definition) is 3. The summed E-state index contributed by atoms with van der Waals surface area (Å²) in [6.45, 7) is 1.68. The van der Waals surface area contributed by atoms with Crippen LogP contribution >= 0.6 is 0 Å². The minimum atomic E-state index is -0.769. The van der Waals surface area contributed by atoms with Crippen molar-refractivity contribution in [3.8, 4) is 0 Å². The molecular weight excluding hydrogens is 256 g/mol. The molecule has 0 heterocycles. The topological polar surface area (TPSA) is 87.7 Å². The monoisotopic (exact) mass is 271 g/mol. The average Bonchev–Trinajstić information content (AvgIpc) is 2.35. The van der Waals surface area contributed by atoms with Gasteiger partial charge in [-0.1, -0.05) is 5.16 Å². The molecule has 0 aliphatic rings. The van der Waals surface area contributed by atoms with Crippen LogP contribution in [0.4, 0.5) is 8.78 Å². The van der Waals surface area contributed by atoms with Gasteiger partial charge in [0.05, 0.1) is 5.92 Å². The zero-order chi connectivity index (χ0) is 14.4. The number of nitrogens with zero attached hydrogens (tertiary/aromatic N) is 1. The molecule has 0 radical (unpaired) electrons. The van der Waals surface area contributed by atoms with Crippen LogP contribution in [0.5, 0.6) is 0 Å². The van der Waals surface area contributed by atoms with Crippen molar-refractivity contribution in [3.05, 3.63) is 35.4 Å². The zero-order valence-corrected chi connectivity index (χ0v) is 10.4. The number of carbonyl (C=O) groups is 1. The predicted octanol–water partition coefficient (Wildman–Crippen LogP) is 1.01. The van der Waals surface area contributed by atoms with E-state index < -0.39 is 23.5 Å². The Kier molecular flexibility index (Phi) is 5.23. The van der Waals surface area contributed by atoms with Gasteiger partial charge in [-0.25, -0.2) is 8.78 Å². The van der Waals surface area contributed by atoms with Gasteiger partial charge in [-0.05, 0) is 31.0 Å². The third kappa shape index (κ3) is 4.53. The van der Waals surface area contributed by atoms with Crippen LogP contribution in [-0.2, 0) is 11.2 Å². The number of benzene rings is 1. The Hall–Kier alpha value is -2.18. The highest BCUT2D eigenvalue weighted by Crippen LogP contribution is 2.08. The molecule has 0 fully saturated rings. The standard InChI is InChI=1S/C12H15F2N3O2/c1-7(11(15)17-19)12(18)16-3-2-8-4-9(13)6-10(14)5-8/h4-7,19H,2-3H2,1H3,(H2,15,17)(H,16,18). The molecule has 104 valence electrons. The first-order valence-corrected chi connectivity index (χ1v) is 5.64. The van der Waals surface area contributed by atoms with Gasteiger partial charge in [-0.2, -0.15) is 0 Å². The highest BCUT2D eigenvalue weighted by molar-refractivity contribution is 6.01. The highest BCUT2D eigenvalue weighted by Gasteiger charge is 2.16. The largest absolute Gasteiger partial charge is 0.409 e. The Bertz CT molecular complexity index is 472. The molecule has 4 N–H and O–H groups in total. The molecule has 0 aliphatic heterocycles. The van der Waals surface area contributed by atoms with E-state index >= 15 is 0 Å². The summed E-state index contributed by atoms with van der Waals surface area (Å²) in [4.78, 5) is 11.5. The molecular formula is C12H15F2N3O2. The summed E-state index contributed by atoms with van der Waals surface area (Å²) in [5.74, 6) is -2.71. The minimum absolute atomic E-state index is 0.199. The van der Waals surface area contributed by atoms with Crippen LogP contribution in [0.2, 0.25) is 0 Å². The van der Waals surface area contributed by atoms with Crippen molar-refractivity contribution in [1.82, 2.24) is 5.32 Å². The van der Waals surface area contributed by atoms with Crippen molar-refractivity contribution in [2.45, 2.75) is 13.3 Å². The lowest BCUT2D eigenvalue weighted by Crippen LogP contribution is -2.38. The Balaban J connectivity index is 2.48. The Morgan fingerprint density at radius 3 is 2.53 bits per heavy atom. The SMILES string of the molecule is CC(C(=O)NCCc1cc(F)cc(F)c1)C(N)=NO. The number of hydrogen-bond acceptors (Lipinski definition) is 3. The normalized spacial score (nSPS) is 13.1.